The molecule has 0 aliphatic carbocycles. The van der Waals surface area contributed by atoms with Crippen molar-refractivity contribution in [1.29, 1.82) is 0 Å². The first-order valence-corrected chi connectivity index (χ1v) is 6.15. The maximum absolute atomic E-state index is 13.8. The fourth-order valence-corrected chi connectivity index (χ4v) is 1.53. The number of halogens is 1. The average Bonchev–Trinajstić information content (AvgIpc) is 2.38. The normalized spacial score (nSPS) is 10.2. The number of hydrogen-bond donors (Lipinski definition) is 1. The number of aromatic nitrogens is 2. The van der Waals surface area contributed by atoms with Gasteiger partial charge in [0.2, 0.25) is 11.9 Å². The highest BCUT2D eigenvalue weighted by Crippen LogP contribution is 2.17. The van der Waals surface area contributed by atoms with Gasteiger partial charge in [-0.2, -0.15) is 4.98 Å². The Balaban J connectivity index is 3.00. The Morgan fingerprint density at radius 1 is 1.47 bits per heavy atom. The van der Waals surface area contributed by atoms with Crippen LogP contribution in [0.2, 0.25) is 0 Å². The topological polar surface area (TPSA) is 61.4 Å². The Kier molecular flexibility index (Phi) is 5.47. The molecule has 0 saturated carbocycles. The first-order chi connectivity index (χ1) is 8.99. The van der Waals surface area contributed by atoms with Crippen LogP contribution in [-0.4, -0.2) is 55.0 Å². The third kappa shape index (κ3) is 4.04. The van der Waals surface area contributed by atoms with E-state index in [1.807, 2.05) is 6.92 Å². The Bertz CT molecular complexity index is 438. The van der Waals surface area contributed by atoms with Crippen LogP contribution in [0.15, 0.2) is 6.20 Å². The van der Waals surface area contributed by atoms with Crippen molar-refractivity contribution >= 4 is 17.7 Å². The molecule has 0 saturated heterocycles. The molecule has 0 radical (unpaired) electrons. The molecule has 0 bridgehead atoms. The van der Waals surface area contributed by atoms with Crippen molar-refractivity contribution in [2.45, 2.75) is 13.3 Å². The molecule has 1 aromatic heterocycles. The first-order valence-electron chi connectivity index (χ1n) is 6.15. The van der Waals surface area contributed by atoms with Gasteiger partial charge in [-0.1, -0.05) is 6.92 Å². The monoisotopic (exact) mass is 269 g/mol. The molecular weight excluding hydrogens is 249 g/mol. The predicted molar refractivity (Wildman–Crippen MR) is 72.7 cm³/mol. The van der Waals surface area contributed by atoms with E-state index in [0.29, 0.717) is 12.5 Å². The summed E-state index contributed by atoms with van der Waals surface area (Å²) in [5.41, 5.74) is 0. The average molecular weight is 269 g/mol. The summed E-state index contributed by atoms with van der Waals surface area (Å²) in [6.07, 6.45) is 1.90. The third-order valence-corrected chi connectivity index (χ3v) is 2.57. The highest BCUT2D eigenvalue weighted by atomic mass is 19.1. The second-order valence-electron chi connectivity index (χ2n) is 4.32. The Labute approximate surface area is 112 Å². The van der Waals surface area contributed by atoms with Crippen molar-refractivity contribution in [3.05, 3.63) is 12.0 Å². The number of rotatable bonds is 6. The summed E-state index contributed by atoms with van der Waals surface area (Å²) in [7, 11) is 5.00. The number of carbonyl (C=O) groups excluding carboxylic acids is 1. The van der Waals surface area contributed by atoms with E-state index in [9.17, 15) is 9.18 Å². The van der Waals surface area contributed by atoms with E-state index in [2.05, 4.69) is 15.3 Å². The van der Waals surface area contributed by atoms with Gasteiger partial charge < -0.3 is 15.1 Å². The molecule has 0 fully saturated rings. The molecule has 1 amide bonds. The highest BCUT2D eigenvalue weighted by Gasteiger charge is 2.18. The smallest absolute Gasteiger partial charge is 0.241 e. The van der Waals surface area contributed by atoms with Gasteiger partial charge in [0.1, 0.15) is 0 Å². The van der Waals surface area contributed by atoms with Crippen LogP contribution in [0.25, 0.3) is 0 Å². The molecule has 1 aromatic rings. The molecule has 19 heavy (non-hydrogen) atoms. The van der Waals surface area contributed by atoms with Crippen molar-refractivity contribution in [3.63, 3.8) is 0 Å². The number of anilines is 2. The minimum absolute atomic E-state index is 0.0952. The number of hydrogen-bond acceptors (Lipinski definition) is 5. The second kappa shape index (κ2) is 6.86. The summed E-state index contributed by atoms with van der Waals surface area (Å²) < 4.78 is 13.8. The van der Waals surface area contributed by atoms with Gasteiger partial charge in [-0.3, -0.25) is 4.79 Å². The molecule has 0 aromatic carbocycles. The van der Waals surface area contributed by atoms with Crippen molar-refractivity contribution in [1.82, 2.24) is 14.9 Å². The zero-order valence-corrected chi connectivity index (χ0v) is 11.8. The van der Waals surface area contributed by atoms with Gasteiger partial charge in [-0.25, -0.2) is 9.37 Å². The van der Waals surface area contributed by atoms with Crippen molar-refractivity contribution in [2.75, 3.05) is 44.4 Å². The SMILES string of the molecule is CCCN(CC(=O)N(C)C)c1nc(NC)ncc1F. The lowest BCUT2D eigenvalue weighted by Gasteiger charge is -2.24. The van der Waals surface area contributed by atoms with E-state index in [1.54, 1.807) is 26.0 Å². The fraction of sp³-hybridized carbons (Fsp3) is 0.583. The van der Waals surface area contributed by atoms with Crippen LogP contribution >= 0.6 is 0 Å². The first kappa shape index (κ1) is 15.1. The van der Waals surface area contributed by atoms with Crippen LogP contribution in [0.1, 0.15) is 13.3 Å². The predicted octanol–water partition coefficient (Wildman–Crippen LogP) is 0.962. The zero-order valence-electron chi connectivity index (χ0n) is 11.8. The van der Waals surface area contributed by atoms with Gasteiger partial charge in [0, 0.05) is 27.7 Å². The lowest BCUT2D eigenvalue weighted by molar-refractivity contribution is -0.127. The molecule has 1 heterocycles. The van der Waals surface area contributed by atoms with Gasteiger partial charge >= 0.3 is 0 Å². The van der Waals surface area contributed by atoms with Crippen molar-refractivity contribution in [3.8, 4) is 0 Å². The molecule has 6 nitrogen and oxygen atoms in total. The second-order valence-corrected chi connectivity index (χ2v) is 4.32. The standard InChI is InChI=1S/C12H20FN5O/c1-5-6-18(8-10(19)17(3)4)11-9(13)7-15-12(14-2)16-11/h7H,5-6,8H2,1-4H3,(H,14,15,16). The molecule has 0 spiro atoms. The van der Waals surface area contributed by atoms with E-state index in [1.165, 1.54) is 4.90 Å². The van der Waals surface area contributed by atoms with Gasteiger partial charge in [0.15, 0.2) is 11.6 Å². The van der Waals surface area contributed by atoms with E-state index in [4.69, 9.17) is 0 Å². The van der Waals surface area contributed by atoms with Crippen LogP contribution in [-0.2, 0) is 4.79 Å². The van der Waals surface area contributed by atoms with Crippen LogP contribution in [0.4, 0.5) is 16.2 Å². The van der Waals surface area contributed by atoms with E-state index >= 15 is 0 Å². The lowest BCUT2D eigenvalue weighted by atomic mass is 10.3. The van der Waals surface area contributed by atoms with Crippen LogP contribution in [0.5, 0.6) is 0 Å². The Morgan fingerprint density at radius 2 is 2.16 bits per heavy atom. The molecule has 1 N–H and O–H groups in total. The Morgan fingerprint density at radius 3 is 2.68 bits per heavy atom. The summed E-state index contributed by atoms with van der Waals surface area (Å²) in [6, 6.07) is 0. The quantitative estimate of drug-likeness (QED) is 0.833. The largest absolute Gasteiger partial charge is 0.357 e. The van der Waals surface area contributed by atoms with Gasteiger partial charge in [0.25, 0.3) is 0 Å². The van der Waals surface area contributed by atoms with Gasteiger partial charge in [-0.05, 0) is 6.42 Å². The number of nitrogens with zero attached hydrogens (tertiary/aromatic N) is 4. The number of likely N-dealkylation sites (N-methyl/N-ethyl adjacent to an activating group) is 1. The summed E-state index contributed by atoms with van der Waals surface area (Å²) in [5, 5.41) is 2.76. The Hall–Kier alpha value is -1.92. The fourth-order valence-electron chi connectivity index (χ4n) is 1.53. The summed E-state index contributed by atoms with van der Waals surface area (Å²) in [5.74, 6) is -0.150. The molecule has 0 aliphatic heterocycles. The maximum atomic E-state index is 13.8. The van der Waals surface area contributed by atoms with Gasteiger partial charge in [-0.15, -0.1) is 0 Å². The van der Waals surface area contributed by atoms with Crippen molar-refractivity contribution in [2.24, 2.45) is 0 Å². The van der Waals surface area contributed by atoms with Gasteiger partial charge in [0.05, 0.1) is 12.7 Å². The number of nitrogens with one attached hydrogen (secondary N) is 1. The van der Waals surface area contributed by atoms with Crippen LogP contribution < -0.4 is 10.2 Å². The summed E-state index contributed by atoms with van der Waals surface area (Å²) >= 11 is 0. The molecule has 0 aliphatic rings. The zero-order chi connectivity index (χ0) is 14.4. The number of carbonyl (C=O) groups is 1. The molecule has 0 atom stereocenters. The summed E-state index contributed by atoms with van der Waals surface area (Å²) in [4.78, 5) is 22.7. The third-order valence-electron chi connectivity index (χ3n) is 2.57. The highest BCUT2D eigenvalue weighted by molar-refractivity contribution is 5.80. The molecular formula is C12H20FN5O. The molecule has 7 heteroatoms. The lowest BCUT2D eigenvalue weighted by Crippen LogP contribution is -2.38. The van der Waals surface area contributed by atoms with E-state index in [0.717, 1.165) is 12.6 Å². The van der Waals surface area contributed by atoms with Crippen LogP contribution in [0.3, 0.4) is 0 Å². The maximum Gasteiger partial charge on any atom is 0.241 e. The number of amides is 1. The summed E-state index contributed by atoms with van der Waals surface area (Å²) in [6.45, 7) is 2.61. The minimum Gasteiger partial charge on any atom is -0.357 e. The van der Waals surface area contributed by atoms with E-state index < -0.39 is 5.82 Å². The molecule has 0 unspecified atom stereocenters. The van der Waals surface area contributed by atoms with Crippen molar-refractivity contribution < 1.29 is 9.18 Å². The molecule has 106 valence electrons. The molecule has 1 rings (SSSR count). The van der Waals surface area contributed by atoms with Crippen LogP contribution in [0, 0.1) is 5.82 Å². The minimum atomic E-state index is -0.529. The van der Waals surface area contributed by atoms with E-state index in [-0.39, 0.29) is 18.3 Å².